The SMILES string of the molecule is N#Cc1ccc(OC[C@@H]2CN(C(=O)O)CCN2Cc2ccccc2)cc1. The summed E-state index contributed by atoms with van der Waals surface area (Å²) in [6, 6.07) is 19.1. The van der Waals surface area contributed by atoms with E-state index in [4.69, 9.17) is 10.00 Å². The molecule has 0 aliphatic carbocycles. The lowest BCUT2D eigenvalue weighted by Gasteiger charge is -2.40. The molecule has 0 spiro atoms. The Kier molecular flexibility index (Phi) is 5.72. The van der Waals surface area contributed by atoms with Gasteiger partial charge in [0.1, 0.15) is 12.4 Å². The first-order valence-corrected chi connectivity index (χ1v) is 8.54. The van der Waals surface area contributed by atoms with Gasteiger partial charge >= 0.3 is 6.09 Å². The smallest absolute Gasteiger partial charge is 0.407 e. The Bertz CT molecular complexity index is 771. The molecule has 1 N–H and O–H groups in total. The molecule has 2 aromatic rings. The van der Waals surface area contributed by atoms with Crippen LogP contribution >= 0.6 is 0 Å². The molecule has 1 atom stereocenters. The highest BCUT2D eigenvalue weighted by Crippen LogP contribution is 2.17. The van der Waals surface area contributed by atoms with Crippen molar-refractivity contribution in [3.05, 3.63) is 65.7 Å². The molecule has 1 heterocycles. The molecule has 1 saturated heterocycles. The van der Waals surface area contributed by atoms with Crippen LogP contribution in [-0.2, 0) is 6.54 Å². The highest BCUT2D eigenvalue weighted by molar-refractivity contribution is 5.65. The van der Waals surface area contributed by atoms with Crippen LogP contribution in [0.5, 0.6) is 5.75 Å². The fourth-order valence-corrected chi connectivity index (χ4v) is 3.07. The van der Waals surface area contributed by atoms with Crippen molar-refractivity contribution in [2.75, 3.05) is 26.2 Å². The summed E-state index contributed by atoms with van der Waals surface area (Å²) < 4.78 is 5.87. The second kappa shape index (κ2) is 8.37. The number of nitrogens with zero attached hydrogens (tertiary/aromatic N) is 3. The van der Waals surface area contributed by atoms with E-state index in [2.05, 4.69) is 23.1 Å². The Hall–Kier alpha value is -3.04. The maximum absolute atomic E-state index is 11.3. The first-order valence-electron chi connectivity index (χ1n) is 8.54. The van der Waals surface area contributed by atoms with Gasteiger partial charge < -0.3 is 14.7 Å². The van der Waals surface area contributed by atoms with E-state index >= 15 is 0 Å². The lowest BCUT2D eigenvalue weighted by Crippen LogP contribution is -2.56. The van der Waals surface area contributed by atoms with Crippen molar-refractivity contribution in [3.63, 3.8) is 0 Å². The van der Waals surface area contributed by atoms with Crippen molar-refractivity contribution in [2.45, 2.75) is 12.6 Å². The van der Waals surface area contributed by atoms with E-state index in [1.54, 1.807) is 24.3 Å². The third-order valence-corrected chi connectivity index (χ3v) is 4.53. The standard InChI is InChI=1S/C20H21N3O3/c21-12-16-6-8-19(9-7-16)26-15-18-14-23(20(24)25)11-10-22(18)13-17-4-2-1-3-5-17/h1-9,18H,10-11,13-15H2,(H,24,25)/t18-/m0/s1. The molecule has 26 heavy (non-hydrogen) atoms. The minimum absolute atomic E-state index is 0.0318. The van der Waals surface area contributed by atoms with Crippen LogP contribution in [0.4, 0.5) is 4.79 Å². The van der Waals surface area contributed by atoms with Crippen molar-refractivity contribution in [1.29, 1.82) is 5.26 Å². The lowest BCUT2D eigenvalue weighted by molar-refractivity contribution is 0.0421. The molecule has 0 bridgehead atoms. The number of carbonyl (C=O) groups is 1. The largest absolute Gasteiger partial charge is 0.492 e. The van der Waals surface area contributed by atoms with Gasteiger partial charge in [0.15, 0.2) is 0 Å². The molecule has 6 nitrogen and oxygen atoms in total. The zero-order valence-electron chi connectivity index (χ0n) is 14.4. The predicted molar refractivity (Wildman–Crippen MR) is 96.9 cm³/mol. The maximum Gasteiger partial charge on any atom is 0.407 e. The van der Waals surface area contributed by atoms with Crippen molar-refractivity contribution in [3.8, 4) is 11.8 Å². The van der Waals surface area contributed by atoms with E-state index < -0.39 is 6.09 Å². The van der Waals surface area contributed by atoms with Crippen LogP contribution in [-0.4, -0.2) is 53.3 Å². The zero-order chi connectivity index (χ0) is 18.4. The summed E-state index contributed by atoms with van der Waals surface area (Å²) in [7, 11) is 0. The van der Waals surface area contributed by atoms with Crippen LogP contribution in [0.15, 0.2) is 54.6 Å². The molecule has 0 radical (unpaired) electrons. The number of hydrogen-bond donors (Lipinski definition) is 1. The van der Waals surface area contributed by atoms with Gasteiger partial charge in [-0.3, -0.25) is 4.90 Å². The van der Waals surface area contributed by atoms with Gasteiger partial charge in [-0.2, -0.15) is 5.26 Å². The quantitative estimate of drug-likeness (QED) is 0.896. The number of piperazine rings is 1. The van der Waals surface area contributed by atoms with Crippen molar-refractivity contribution < 1.29 is 14.6 Å². The van der Waals surface area contributed by atoms with Gasteiger partial charge in [-0.15, -0.1) is 0 Å². The fraction of sp³-hybridized carbons (Fsp3) is 0.300. The Balaban J connectivity index is 1.67. The number of hydrogen-bond acceptors (Lipinski definition) is 4. The van der Waals surface area contributed by atoms with E-state index in [-0.39, 0.29) is 6.04 Å². The number of carboxylic acid groups (broad SMARTS) is 1. The molecular formula is C20H21N3O3. The summed E-state index contributed by atoms with van der Waals surface area (Å²) in [5.74, 6) is 0.677. The molecule has 0 saturated carbocycles. The molecule has 134 valence electrons. The molecular weight excluding hydrogens is 330 g/mol. The van der Waals surface area contributed by atoms with Crippen LogP contribution in [0.3, 0.4) is 0 Å². The molecule has 3 rings (SSSR count). The van der Waals surface area contributed by atoms with E-state index in [0.717, 1.165) is 6.54 Å². The highest BCUT2D eigenvalue weighted by Gasteiger charge is 2.30. The van der Waals surface area contributed by atoms with E-state index in [1.807, 2.05) is 18.2 Å². The normalized spacial score (nSPS) is 17.5. The van der Waals surface area contributed by atoms with Gasteiger partial charge in [-0.05, 0) is 29.8 Å². The average Bonchev–Trinajstić information content (AvgIpc) is 2.68. The number of benzene rings is 2. The van der Waals surface area contributed by atoms with Crippen LogP contribution in [0.1, 0.15) is 11.1 Å². The van der Waals surface area contributed by atoms with Gasteiger partial charge in [-0.25, -0.2) is 4.79 Å². The molecule has 1 amide bonds. The van der Waals surface area contributed by atoms with Crippen LogP contribution in [0.2, 0.25) is 0 Å². The van der Waals surface area contributed by atoms with Crippen LogP contribution in [0.25, 0.3) is 0 Å². The van der Waals surface area contributed by atoms with Gasteiger partial charge in [0.05, 0.1) is 17.7 Å². The fourth-order valence-electron chi connectivity index (χ4n) is 3.07. The Morgan fingerprint density at radius 1 is 1.15 bits per heavy atom. The lowest BCUT2D eigenvalue weighted by atomic mass is 10.1. The molecule has 1 fully saturated rings. The summed E-state index contributed by atoms with van der Waals surface area (Å²) in [4.78, 5) is 15.0. The van der Waals surface area contributed by atoms with Gasteiger partial charge in [-0.1, -0.05) is 30.3 Å². The predicted octanol–water partition coefficient (Wildman–Crippen LogP) is 2.80. The van der Waals surface area contributed by atoms with E-state index in [0.29, 0.717) is 37.6 Å². The van der Waals surface area contributed by atoms with Gasteiger partial charge in [0.2, 0.25) is 0 Å². The average molecular weight is 351 g/mol. The Labute approximate surface area is 152 Å². The number of ether oxygens (including phenoxy) is 1. The third-order valence-electron chi connectivity index (χ3n) is 4.53. The second-order valence-corrected chi connectivity index (χ2v) is 6.29. The topological polar surface area (TPSA) is 76.8 Å². The van der Waals surface area contributed by atoms with E-state index in [9.17, 15) is 9.90 Å². The summed E-state index contributed by atoms with van der Waals surface area (Å²) in [5.41, 5.74) is 1.78. The van der Waals surface area contributed by atoms with E-state index in [1.165, 1.54) is 10.5 Å². The molecule has 0 aromatic heterocycles. The highest BCUT2D eigenvalue weighted by atomic mass is 16.5. The first-order chi connectivity index (χ1) is 12.7. The van der Waals surface area contributed by atoms with Crippen molar-refractivity contribution >= 4 is 6.09 Å². The van der Waals surface area contributed by atoms with Crippen molar-refractivity contribution in [2.24, 2.45) is 0 Å². The Morgan fingerprint density at radius 3 is 2.54 bits per heavy atom. The van der Waals surface area contributed by atoms with Crippen molar-refractivity contribution in [1.82, 2.24) is 9.80 Å². The number of nitriles is 1. The number of amides is 1. The molecule has 2 aromatic carbocycles. The van der Waals surface area contributed by atoms with Gasteiger partial charge in [0.25, 0.3) is 0 Å². The first kappa shape index (κ1) is 17.8. The summed E-state index contributed by atoms with van der Waals surface area (Å²) in [5, 5.41) is 18.2. The van der Waals surface area contributed by atoms with Crippen LogP contribution < -0.4 is 4.74 Å². The zero-order valence-corrected chi connectivity index (χ0v) is 14.4. The second-order valence-electron chi connectivity index (χ2n) is 6.29. The monoisotopic (exact) mass is 351 g/mol. The summed E-state index contributed by atoms with van der Waals surface area (Å²) >= 11 is 0. The third kappa shape index (κ3) is 4.52. The maximum atomic E-state index is 11.3. The molecule has 6 heteroatoms. The minimum atomic E-state index is -0.896. The molecule has 1 aliphatic heterocycles. The summed E-state index contributed by atoms with van der Waals surface area (Å²) in [6.45, 7) is 2.73. The molecule has 0 unspecified atom stereocenters. The van der Waals surface area contributed by atoms with Gasteiger partial charge in [0, 0.05) is 26.2 Å². The number of rotatable bonds is 5. The Morgan fingerprint density at radius 2 is 1.88 bits per heavy atom. The summed E-state index contributed by atoms with van der Waals surface area (Å²) in [6.07, 6.45) is -0.896. The molecule has 1 aliphatic rings. The van der Waals surface area contributed by atoms with Crippen LogP contribution in [0, 0.1) is 11.3 Å². The minimum Gasteiger partial charge on any atom is -0.492 e.